The smallest absolute Gasteiger partial charge is 0.229 e. The number of aromatic nitrogens is 4. The molecule has 0 radical (unpaired) electrons. The molecule has 0 bridgehead atoms. The molecule has 2 aromatic rings. The molecule has 78 valence electrons. The SMILES string of the molecule is CCn1cc(Nc2nccc(N)n2)cn1. The van der Waals surface area contributed by atoms with E-state index in [-0.39, 0.29) is 0 Å². The fourth-order valence-electron chi connectivity index (χ4n) is 1.16. The van der Waals surface area contributed by atoms with Gasteiger partial charge >= 0.3 is 0 Å². The zero-order chi connectivity index (χ0) is 10.7. The highest BCUT2D eigenvalue weighted by molar-refractivity contribution is 5.51. The van der Waals surface area contributed by atoms with Crippen LogP contribution in [0.4, 0.5) is 17.5 Å². The van der Waals surface area contributed by atoms with Crippen LogP contribution in [0.2, 0.25) is 0 Å². The van der Waals surface area contributed by atoms with Crippen molar-refractivity contribution in [2.75, 3.05) is 11.1 Å². The molecule has 0 fully saturated rings. The summed E-state index contributed by atoms with van der Waals surface area (Å²) in [5.74, 6) is 0.918. The number of hydrogen-bond acceptors (Lipinski definition) is 5. The molecular formula is C9H12N6. The van der Waals surface area contributed by atoms with Crippen LogP contribution in [0.3, 0.4) is 0 Å². The first kappa shape index (κ1) is 9.45. The minimum Gasteiger partial charge on any atom is -0.384 e. The van der Waals surface area contributed by atoms with Gasteiger partial charge in [0, 0.05) is 18.9 Å². The molecule has 0 unspecified atom stereocenters. The van der Waals surface area contributed by atoms with E-state index in [0.717, 1.165) is 12.2 Å². The van der Waals surface area contributed by atoms with Crippen molar-refractivity contribution in [2.45, 2.75) is 13.5 Å². The topological polar surface area (TPSA) is 81.7 Å². The van der Waals surface area contributed by atoms with Crippen LogP contribution in [0.15, 0.2) is 24.7 Å². The normalized spacial score (nSPS) is 10.2. The van der Waals surface area contributed by atoms with Crippen LogP contribution in [0, 0.1) is 0 Å². The van der Waals surface area contributed by atoms with Gasteiger partial charge in [-0.15, -0.1) is 0 Å². The molecule has 2 heterocycles. The zero-order valence-corrected chi connectivity index (χ0v) is 8.38. The maximum absolute atomic E-state index is 5.53. The molecule has 2 rings (SSSR count). The van der Waals surface area contributed by atoms with Crippen LogP contribution >= 0.6 is 0 Å². The third-order valence-electron chi connectivity index (χ3n) is 1.89. The molecule has 0 aromatic carbocycles. The molecule has 2 aromatic heterocycles. The minimum absolute atomic E-state index is 0.440. The maximum atomic E-state index is 5.53. The maximum Gasteiger partial charge on any atom is 0.229 e. The lowest BCUT2D eigenvalue weighted by Gasteiger charge is -2.00. The molecule has 15 heavy (non-hydrogen) atoms. The van der Waals surface area contributed by atoms with Crippen molar-refractivity contribution < 1.29 is 0 Å². The molecule has 3 N–H and O–H groups in total. The third-order valence-corrected chi connectivity index (χ3v) is 1.89. The van der Waals surface area contributed by atoms with Crippen LogP contribution in [0.5, 0.6) is 0 Å². The summed E-state index contributed by atoms with van der Waals surface area (Å²) < 4.78 is 1.81. The number of nitrogens with two attached hydrogens (primary N) is 1. The Morgan fingerprint density at radius 2 is 2.40 bits per heavy atom. The van der Waals surface area contributed by atoms with Crippen LogP contribution in [-0.4, -0.2) is 19.7 Å². The molecule has 0 saturated heterocycles. The van der Waals surface area contributed by atoms with Crippen molar-refractivity contribution in [2.24, 2.45) is 0 Å². The van der Waals surface area contributed by atoms with Gasteiger partial charge in [0.25, 0.3) is 0 Å². The van der Waals surface area contributed by atoms with Crippen LogP contribution < -0.4 is 11.1 Å². The standard InChI is InChI=1S/C9H12N6/c1-2-15-6-7(5-12-15)13-9-11-4-3-8(10)14-9/h3-6H,2H2,1H3,(H3,10,11,13,14). The summed E-state index contributed by atoms with van der Waals surface area (Å²) in [5, 5.41) is 7.13. The largest absolute Gasteiger partial charge is 0.384 e. The van der Waals surface area contributed by atoms with Crippen molar-refractivity contribution >= 4 is 17.5 Å². The summed E-state index contributed by atoms with van der Waals surface area (Å²) in [6.07, 6.45) is 5.21. The fourth-order valence-corrected chi connectivity index (χ4v) is 1.16. The lowest BCUT2D eigenvalue weighted by Crippen LogP contribution is -1.98. The van der Waals surface area contributed by atoms with E-state index >= 15 is 0 Å². The molecule has 0 spiro atoms. The van der Waals surface area contributed by atoms with Crippen molar-refractivity contribution in [3.63, 3.8) is 0 Å². The van der Waals surface area contributed by atoms with E-state index in [9.17, 15) is 0 Å². The number of hydrogen-bond donors (Lipinski definition) is 2. The second-order valence-electron chi connectivity index (χ2n) is 3.01. The zero-order valence-electron chi connectivity index (χ0n) is 8.38. The first-order valence-corrected chi connectivity index (χ1v) is 4.66. The van der Waals surface area contributed by atoms with E-state index in [1.54, 1.807) is 18.5 Å². The fraction of sp³-hybridized carbons (Fsp3) is 0.222. The second kappa shape index (κ2) is 3.95. The van der Waals surface area contributed by atoms with Gasteiger partial charge in [0.2, 0.25) is 5.95 Å². The average molecular weight is 204 g/mol. The van der Waals surface area contributed by atoms with Gasteiger partial charge in [0.15, 0.2) is 0 Å². The molecular weight excluding hydrogens is 192 g/mol. The molecule has 0 saturated carbocycles. The average Bonchev–Trinajstić information content (AvgIpc) is 2.65. The number of nitrogens with one attached hydrogen (secondary N) is 1. The molecule has 6 heteroatoms. The van der Waals surface area contributed by atoms with Crippen molar-refractivity contribution in [3.05, 3.63) is 24.7 Å². The van der Waals surface area contributed by atoms with E-state index in [4.69, 9.17) is 5.73 Å². The second-order valence-corrected chi connectivity index (χ2v) is 3.01. The summed E-state index contributed by atoms with van der Waals surface area (Å²) >= 11 is 0. The summed E-state index contributed by atoms with van der Waals surface area (Å²) in [7, 11) is 0. The van der Waals surface area contributed by atoms with Crippen molar-refractivity contribution in [3.8, 4) is 0 Å². The molecule has 0 aliphatic rings. The summed E-state index contributed by atoms with van der Waals surface area (Å²) in [6.45, 7) is 2.85. The molecule has 0 aliphatic heterocycles. The number of aryl methyl sites for hydroxylation is 1. The molecule has 0 amide bonds. The first-order valence-electron chi connectivity index (χ1n) is 4.66. The van der Waals surface area contributed by atoms with Gasteiger partial charge in [-0.1, -0.05) is 0 Å². The Morgan fingerprint density at radius 1 is 1.53 bits per heavy atom. The van der Waals surface area contributed by atoms with Gasteiger partial charge in [0.1, 0.15) is 5.82 Å². The Labute approximate surface area is 87.2 Å². The Kier molecular flexibility index (Phi) is 2.49. The lowest BCUT2D eigenvalue weighted by molar-refractivity contribution is 0.660. The third kappa shape index (κ3) is 2.22. The Bertz CT molecular complexity index is 449. The van der Waals surface area contributed by atoms with Crippen LogP contribution in [-0.2, 0) is 6.54 Å². The van der Waals surface area contributed by atoms with Gasteiger partial charge in [-0.2, -0.15) is 10.1 Å². The molecule has 0 aliphatic carbocycles. The number of nitrogen functional groups attached to an aromatic ring is 1. The molecule has 6 nitrogen and oxygen atoms in total. The predicted octanol–water partition coefficient (Wildman–Crippen LogP) is 1.02. The monoisotopic (exact) mass is 204 g/mol. The van der Waals surface area contributed by atoms with Crippen LogP contribution in [0.1, 0.15) is 6.92 Å². The predicted molar refractivity (Wildman–Crippen MR) is 57.6 cm³/mol. The quantitative estimate of drug-likeness (QED) is 0.780. The van der Waals surface area contributed by atoms with E-state index < -0.39 is 0 Å². The summed E-state index contributed by atoms with van der Waals surface area (Å²) in [4.78, 5) is 8.05. The Balaban J connectivity index is 2.14. The Morgan fingerprint density at radius 3 is 3.07 bits per heavy atom. The van der Waals surface area contributed by atoms with Crippen molar-refractivity contribution in [1.29, 1.82) is 0 Å². The lowest BCUT2D eigenvalue weighted by atomic mass is 10.5. The Hall–Kier alpha value is -2.11. The summed E-state index contributed by atoms with van der Waals surface area (Å²) in [6, 6.07) is 1.64. The van der Waals surface area contributed by atoms with Gasteiger partial charge in [0.05, 0.1) is 11.9 Å². The number of rotatable bonds is 3. The van der Waals surface area contributed by atoms with E-state index in [0.29, 0.717) is 11.8 Å². The van der Waals surface area contributed by atoms with Gasteiger partial charge < -0.3 is 11.1 Å². The highest BCUT2D eigenvalue weighted by Gasteiger charge is 2.00. The van der Waals surface area contributed by atoms with E-state index in [1.165, 1.54) is 0 Å². The molecule has 0 atom stereocenters. The van der Waals surface area contributed by atoms with Gasteiger partial charge in [-0.3, -0.25) is 4.68 Å². The first-order chi connectivity index (χ1) is 7.28. The number of nitrogens with zero attached hydrogens (tertiary/aromatic N) is 4. The summed E-state index contributed by atoms with van der Waals surface area (Å²) in [5.41, 5.74) is 6.38. The minimum atomic E-state index is 0.440. The van der Waals surface area contributed by atoms with Crippen molar-refractivity contribution in [1.82, 2.24) is 19.7 Å². The van der Waals surface area contributed by atoms with Crippen LogP contribution in [0.25, 0.3) is 0 Å². The van der Waals surface area contributed by atoms with E-state index in [1.807, 2.05) is 17.8 Å². The highest BCUT2D eigenvalue weighted by Crippen LogP contribution is 2.11. The number of anilines is 3. The van der Waals surface area contributed by atoms with Gasteiger partial charge in [-0.05, 0) is 13.0 Å². The van der Waals surface area contributed by atoms with E-state index in [2.05, 4.69) is 20.4 Å². The van der Waals surface area contributed by atoms with Gasteiger partial charge in [-0.25, -0.2) is 4.98 Å². The highest BCUT2D eigenvalue weighted by atomic mass is 15.3.